The number of rotatable bonds is 20. The minimum absolute atomic E-state index is 0.628. The number of fused-ring (bicyclic) bond motifs is 7. The van der Waals surface area contributed by atoms with Gasteiger partial charge in [0.1, 0.15) is 0 Å². The molecule has 49 heavy (non-hydrogen) atoms. The van der Waals surface area contributed by atoms with Crippen LogP contribution in [0.2, 0.25) is 0 Å². The summed E-state index contributed by atoms with van der Waals surface area (Å²) in [6, 6.07) is 21.2. The summed E-state index contributed by atoms with van der Waals surface area (Å²) in [5.41, 5.74) is 3.56. The summed E-state index contributed by atoms with van der Waals surface area (Å²) in [6.07, 6.45) is 13.9. The average molecular weight is 663 g/mol. The van der Waals surface area contributed by atoms with Crippen molar-refractivity contribution in [3.05, 3.63) is 60.7 Å². The first kappa shape index (κ1) is 36.9. The Bertz CT molecular complexity index is 1780. The van der Waals surface area contributed by atoms with Crippen molar-refractivity contribution in [2.75, 3.05) is 13.2 Å². The molecule has 0 aliphatic rings. The van der Waals surface area contributed by atoms with Crippen molar-refractivity contribution in [3.8, 4) is 11.5 Å². The first-order valence-corrected chi connectivity index (χ1v) is 19.5. The highest BCUT2D eigenvalue weighted by molar-refractivity contribution is 6.23. The predicted molar refractivity (Wildman–Crippen MR) is 211 cm³/mol. The summed E-state index contributed by atoms with van der Waals surface area (Å²) in [4.78, 5) is 10.5. The molecule has 0 fully saturated rings. The van der Waals surface area contributed by atoms with Crippen LogP contribution in [0.1, 0.15) is 119 Å². The zero-order chi connectivity index (χ0) is 34.8. The molecule has 264 valence electrons. The van der Waals surface area contributed by atoms with Crippen molar-refractivity contribution in [2.45, 2.75) is 119 Å². The van der Waals surface area contributed by atoms with Crippen molar-refractivity contribution in [2.24, 2.45) is 29.6 Å². The molecule has 0 amide bonds. The molecular weight excluding hydrogens is 601 g/mol. The second-order valence-electron chi connectivity index (χ2n) is 16.0. The molecule has 0 N–H and O–H groups in total. The number of ether oxygens (including phenoxy) is 2. The zero-order valence-electron chi connectivity index (χ0n) is 31.6. The predicted octanol–water partition coefficient (Wildman–Crippen LogP) is 13.4. The molecule has 0 bridgehead atoms. The zero-order valence-corrected chi connectivity index (χ0v) is 31.6. The van der Waals surface area contributed by atoms with Gasteiger partial charge in [-0.05, 0) is 53.2 Å². The molecule has 0 aliphatic heterocycles. The number of nitrogens with zero attached hydrogens (tertiary/aromatic N) is 2. The van der Waals surface area contributed by atoms with Gasteiger partial charge in [-0.3, -0.25) is 0 Å². The molecule has 4 aromatic carbocycles. The van der Waals surface area contributed by atoms with Gasteiger partial charge in [0, 0.05) is 22.9 Å². The Morgan fingerprint density at radius 1 is 0.449 bits per heavy atom. The summed E-state index contributed by atoms with van der Waals surface area (Å²) < 4.78 is 13.1. The third-order valence-electron chi connectivity index (χ3n) is 10.5. The van der Waals surface area contributed by atoms with Gasteiger partial charge in [0.2, 0.25) is 0 Å². The van der Waals surface area contributed by atoms with Crippen molar-refractivity contribution in [1.29, 1.82) is 0 Å². The fraction of sp³-hybridized carbons (Fsp3) is 0.556. The van der Waals surface area contributed by atoms with E-state index in [2.05, 4.69) is 109 Å². The Hall–Kier alpha value is -3.40. The maximum atomic E-state index is 6.54. The van der Waals surface area contributed by atoms with E-state index in [1.165, 1.54) is 68.6 Å². The van der Waals surface area contributed by atoms with Crippen LogP contribution in [-0.4, -0.2) is 23.2 Å². The molecule has 3 atom stereocenters. The quantitative estimate of drug-likeness (QED) is 0.0614. The maximum Gasteiger partial charge on any atom is 0.163 e. The summed E-state index contributed by atoms with van der Waals surface area (Å²) in [6.45, 7) is 17.8. The van der Waals surface area contributed by atoms with Crippen molar-refractivity contribution in [1.82, 2.24) is 9.97 Å². The highest BCUT2D eigenvalue weighted by Crippen LogP contribution is 2.37. The molecule has 0 aliphatic carbocycles. The second-order valence-corrected chi connectivity index (χ2v) is 16.0. The third-order valence-corrected chi connectivity index (χ3v) is 10.5. The Morgan fingerprint density at radius 3 is 1.18 bits per heavy atom. The average Bonchev–Trinajstić information content (AvgIpc) is 3.07. The molecule has 0 radical (unpaired) electrons. The van der Waals surface area contributed by atoms with Crippen molar-refractivity contribution < 1.29 is 9.47 Å². The van der Waals surface area contributed by atoms with Crippen LogP contribution in [0.25, 0.3) is 43.6 Å². The molecule has 5 rings (SSSR count). The molecule has 5 aromatic rings. The standard InChI is InChI=1S/C45H62N2O2/c1-31(2)15-12-17-33(5)19-14-20-35(7)26-28-49-43-30-41-40(29-42(43)48-27-25-34(6)18-13-16-32(3)4)46-44-38-23-10-8-21-36(38)37-22-9-11-24-39(37)45(44)47-41/h8-11,21-24,29-35H,12-20,25-28H2,1-7H3/t33-,34-,35-/m1/s1. The van der Waals surface area contributed by atoms with Crippen LogP contribution in [0.4, 0.5) is 0 Å². The molecule has 0 saturated heterocycles. The van der Waals surface area contributed by atoms with Gasteiger partial charge in [-0.1, -0.05) is 155 Å². The smallest absolute Gasteiger partial charge is 0.163 e. The lowest BCUT2D eigenvalue weighted by atomic mass is 9.93. The molecule has 0 spiro atoms. The largest absolute Gasteiger partial charge is 0.490 e. The van der Waals surface area contributed by atoms with Gasteiger partial charge in [0.25, 0.3) is 0 Å². The van der Waals surface area contributed by atoms with E-state index in [9.17, 15) is 0 Å². The summed E-state index contributed by atoms with van der Waals surface area (Å²) in [5, 5.41) is 4.67. The van der Waals surface area contributed by atoms with E-state index >= 15 is 0 Å². The molecule has 4 heteroatoms. The molecule has 0 unspecified atom stereocenters. The van der Waals surface area contributed by atoms with Crippen LogP contribution in [0.5, 0.6) is 11.5 Å². The lowest BCUT2D eigenvalue weighted by molar-refractivity contribution is 0.237. The highest BCUT2D eigenvalue weighted by Gasteiger charge is 2.16. The maximum absolute atomic E-state index is 6.54. The highest BCUT2D eigenvalue weighted by atomic mass is 16.5. The van der Waals surface area contributed by atoms with Crippen molar-refractivity contribution in [3.63, 3.8) is 0 Å². The Labute approximate surface area is 296 Å². The van der Waals surface area contributed by atoms with E-state index < -0.39 is 0 Å². The Balaban J connectivity index is 1.32. The van der Waals surface area contributed by atoms with E-state index in [-0.39, 0.29) is 0 Å². The van der Waals surface area contributed by atoms with Gasteiger partial charge >= 0.3 is 0 Å². The monoisotopic (exact) mass is 662 g/mol. The number of benzene rings is 4. The first-order valence-electron chi connectivity index (χ1n) is 19.5. The molecule has 4 nitrogen and oxygen atoms in total. The summed E-state index contributed by atoms with van der Waals surface area (Å²) >= 11 is 0. The topological polar surface area (TPSA) is 44.2 Å². The fourth-order valence-electron chi connectivity index (χ4n) is 7.25. The van der Waals surface area contributed by atoms with Crippen molar-refractivity contribution >= 4 is 43.6 Å². The van der Waals surface area contributed by atoms with Gasteiger partial charge in [-0.25, -0.2) is 9.97 Å². The normalized spacial score (nSPS) is 14.0. The molecule has 1 aromatic heterocycles. The van der Waals surface area contributed by atoms with E-state index in [1.54, 1.807) is 0 Å². The molecular formula is C45H62N2O2. The minimum Gasteiger partial charge on any atom is -0.490 e. The lowest BCUT2D eigenvalue weighted by Gasteiger charge is -2.18. The number of aromatic nitrogens is 2. The molecule has 1 heterocycles. The minimum atomic E-state index is 0.628. The van der Waals surface area contributed by atoms with Crippen LogP contribution in [0.15, 0.2) is 60.7 Å². The third kappa shape index (κ3) is 10.3. The Kier molecular flexibility index (Phi) is 13.6. The SMILES string of the molecule is CC(C)CCC[C@@H](C)CCC[C@@H](C)CCOc1cc2nc3c4ccccc4c4ccccc4c3nc2cc1OCC[C@H](C)CCCC(C)C. The van der Waals surface area contributed by atoms with Gasteiger partial charge in [-0.15, -0.1) is 0 Å². The van der Waals surface area contributed by atoms with E-state index in [1.807, 2.05) is 0 Å². The van der Waals surface area contributed by atoms with E-state index in [4.69, 9.17) is 19.4 Å². The van der Waals surface area contributed by atoms with Crippen LogP contribution >= 0.6 is 0 Å². The number of hydrogen-bond donors (Lipinski definition) is 0. The van der Waals surface area contributed by atoms with Crippen LogP contribution < -0.4 is 9.47 Å². The first-order chi connectivity index (χ1) is 23.7. The van der Waals surface area contributed by atoms with E-state index in [0.717, 1.165) is 74.9 Å². The van der Waals surface area contributed by atoms with Crippen LogP contribution in [-0.2, 0) is 0 Å². The van der Waals surface area contributed by atoms with Gasteiger partial charge < -0.3 is 9.47 Å². The van der Waals surface area contributed by atoms with Gasteiger partial charge in [0.15, 0.2) is 11.5 Å². The summed E-state index contributed by atoms with van der Waals surface area (Å²) in [5.74, 6) is 5.22. The number of hydrogen-bond acceptors (Lipinski definition) is 4. The molecule has 0 saturated carbocycles. The van der Waals surface area contributed by atoms with Crippen LogP contribution in [0.3, 0.4) is 0 Å². The van der Waals surface area contributed by atoms with Gasteiger partial charge in [0.05, 0.1) is 35.3 Å². The Morgan fingerprint density at radius 2 is 0.796 bits per heavy atom. The summed E-state index contributed by atoms with van der Waals surface area (Å²) in [7, 11) is 0. The van der Waals surface area contributed by atoms with Gasteiger partial charge in [-0.2, -0.15) is 0 Å². The second kappa shape index (κ2) is 18.0. The fourth-order valence-corrected chi connectivity index (χ4v) is 7.25. The van der Waals surface area contributed by atoms with Crippen LogP contribution in [0, 0.1) is 29.6 Å². The van der Waals surface area contributed by atoms with E-state index in [0.29, 0.717) is 25.0 Å². The lowest BCUT2D eigenvalue weighted by Crippen LogP contribution is -2.08.